The van der Waals surface area contributed by atoms with E-state index in [1.165, 1.54) is 27.7 Å². The highest BCUT2D eigenvalue weighted by molar-refractivity contribution is 6.07. The Kier molecular flexibility index (Phi) is 10.7. The van der Waals surface area contributed by atoms with Crippen LogP contribution in [-0.4, -0.2) is 83.9 Å². The highest BCUT2D eigenvalue weighted by Crippen LogP contribution is 2.38. The molecule has 0 saturated carbocycles. The number of rotatable bonds is 11. The van der Waals surface area contributed by atoms with E-state index in [1.54, 1.807) is 57.2 Å². The van der Waals surface area contributed by atoms with Crippen molar-refractivity contribution in [1.82, 2.24) is 35.6 Å². The molecule has 16 heteroatoms. The minimum Gasteiger partial charge on any atom is -0.508 e. The fourth-order valence-electron chi connectivity index (χ4n) is 6.76. The van der Waals surface area contributed by atoms with Crippen LogP contribution < -0.4 is 21.3 Å². The maximum Gasteiger partial charge on any atom is 0.289 e. The number of aromatic hydroxyl groups is 2. The molecule has 1 fully saturated rings. The molecule has 1 aromatic heterocycles. The largest absolute Gasteiger partial charge is 0.508 e. The van der Waals surface area contributed by atoms with Gasteiger partial charge in [-0.2, -0.15) is 0 Å². The minimum atomic E-state index is -0.993. The molecule has 2 aliphatic heterocycles. The summed E-state index contributed by atoms with van der Waals surface area (Å²) in [6.07, 6.45) is 0.312. The molecule has 1 saturated heterocycles. The fraction of sp³-hybridized carbons (Fsp3) is 0.333. The van der Waals surface area contributed by atoms with Gasteiger partial charge in [-0.15, -0.1) is 10.2 Å². The number of carbonyl (C=O) groups is 6. The van der Waals surface area contributed by atoms with Crippen LogP contribution in [-0.2, 0) is 20.9 Å². The molecule has 0 spiro atoms. The van der Waals surface area contributed by atoms with Gasteiger partial charge >= 0.3 is 0 Å². The maximum atomic E-state index is 13.7. The Labute approximate surface area is 316 Å². The van der Waals surface area contributed by atoms with Crippen molar-refractivity contribution in [1.29, 1.82) is 0 Å². The predicted octanol–water partition coefficient (Wildman–Crippen LogP) is 3.37. The Balaban J connectivity index is 1.22. The van der Waals surface area contributed by atoms with Crippen LogP contribution in [0.4, 0.5) is 5.69 Å². The number of piperidine rings is 1. The van der Waals surface area contributed by atoms with Crippen LogP contribution in [0.2, 0.25) is 0 Å². The van der Waals surface area contributed by atoms with Crippen molar-refractivity contribution in [3.63, 3.8) is 0 Å². The second-order valence-electron chi connectivity index (χ2n) is 14.1. The van der Waals surface area contributed by atoms with Gasteiger partial charge in [0, 0.05) is 53.6 Å². The molecule has 0 aliphatic carbocycles. The first-order chi connectivity index (χ1) is 26.2. The van der Waals surface area contributed by atoms with E-state index in [1.807, 2.05) is 13.8 Å². The van der Waals surface area contributed by atoms with Gasteiger partial charge in [-0.05, 0) is 73.2 Å². The number of phenols is 2. The van der Waals surface area contributed by atoms with E-state index in [4.69, 9.17) is 0 Å². The lowest BCUT2D eigenvalue weighted by molar-refractivity contribution is -0.137. The van der Waals surface area contributed by atoms with E-state index in [0.717, 1.165) is 0 Å². The molecular weight excluding hydrogens is 708 g/mol. The summed E-state index contributed by atoms with van der Waals surface area (Å²) < 4.78 is 1.44. The van der Waals surface area contributed by atoms with Gasteiger partial charge in [0.25, 0.3) is 17.7 Å². The number of amides is 6. The number of nitrogens with one attached hydrogen (secondary N) is 4. The van der Waals surface area contributed by atoms with Crippen molar-refractivity contribution < 1.29 is 39.0 Å². The average Bonchev–Trinajstić information content (AvgIpc) is 3.72. The third kappa shape index (κ3) is 7.47. The molecule has 0 bridgehead atoms. The number of anilines is 1. The van der Waals surface area contributed by atoms with Crippen LogP contribution in [0.25, 0.3) is 17.1 Å². The first-order valence-corrected chi connectivity index (χ1v) is 18.0. The molecule has 4 aromatic rings. The lowest BCUT2D eigenvalue weighted by Crippen LogP contribution is -2.52. The highest BCUT2D eigenvalue weighted by Gasteiger charge is 2.40. The van der Waals surface area contributed by atoms with E-state index in [0.29, 0.717) is 34.6 Å². The number of aromatic nitrogens is 3. The van der Waals surface area contributed by atoms with Crippen LogP contribution in [0.15, 0.2) is 54.6 Å². The zero-order valence-corrected chi connectivity index (χ0v) is 31.0. The minimum absolute atomic E-state index is 0.0587. The van der Waals surface area contributed by atoms with Gasteiger partial charge in [0.05, 0.1) is 5.56 Å². The highest BCUT2D eigenvalue weighted by atomic mass is 16.3. The zero-order chi connectivity index (χ0) is 39.7. The Bertz CT molecular complexity index is 2210. The number of fused-ring (bicyclic) bond motifs is 1. The number of benzene rings is 3. The summed E-state index contributed by atoms with van der Waals surface area (Å²) in [5.41, 5.74) is 2.61. The van der Waals surface area contributed by atoms with Gasteiger partial charge in [0.15, 0.2) is 5.82 Å². The number of phenolic OH excluding ortho intramolecular Hbond substituents is 2. The van der Waals surface area contributed by atoms with Gasteiger partial charge in [-0.1, -0.05) is 33.8 Å². The van der Waals surface area contributed by atoms with Gasteiger partial charge in [-0.3, -0.25) is 38.7 Å². The summed E-state index contributed by atoms with van der Waals surface area (Å²) >= 11 is 0. The average molecular weight is 751 g/mol. The molecule has 3 aromatic carbocycles. The smallest absolute Gasteiger partial charge is 0.289 e. The molecule has 6 N–H and O–H groups in total. The zero-order valence-electron chi connectivity index (χ0n) is 31.0. The van der Waals surface area contributed by atoms with Crippen LogP contribution in [0.3, 0.4) is 0 Å². The number of hydrogen-bond donors (Lipinski definition) is 6. The third-order valence-electron chi connectivity index (χ3n) is 9.67. The number of imide groups is 1. The first kappa shape index (κ1) is 38.2. The molecule has 6 rings (SSSR count). The summed E-state index contributed by atoms with van der Waals surface area (Å²) in [6.45, 7) is 9.44. The van der Waals surface area contributed by atoms with Gasteiger partial charge in [0.1, 0.15) is 23.6 Å². The van der Waals surface area contributed by atoms with E-state index in [-0.39, 0.29) is 71.4 Å². The van der Waals surface area contributed by atoms with Crippen LogP contribution in [0, 0.1) is 5.92 Å². The van der Waals surface area contributed by atoms with Crippen molar-refractivity contribution in [2.24, 2.45) is 5.92 Å². The molecule has 2 aliphatic rings. The van der Waals surface area contributed by atoms with E-state index in [9.17, 15) is 39.0 Å². The lowest BCUT2D eigenvalue weighted by Gasteiger charge is -2.29. The van der Waals surface area contributed by atoms with Crippen molar-refractivity contribution in [2.45, 2.75) is 72.0 Å². The molecule has 0 radical (unpaired) electrons. The Morgan fingerprint density at radius 1 is 0.927 bits per heavy atom. The summed E-state index contributed by atoms with van der Waals surface area (Å²) in [5, 5.41) is 40.2. The third-order valence-corrected chi connectivity index (χ3v) is 9.67. The van der Waals surface area contributed by atoms with Gasteiger partial charge in [0.2, 0.25) is 23.5 Å². The molecule has 1 unspecified atom stereocenters. The molecule has 2 atom stereocenters. The SMILES string of the molecule is CCNC(=O)c1nnc(-c2cc(C(C)C)c(O)cc2O)n1-c1ccc(C(=O)N[C@H](C(=O)Nc2cccc3c2CN(C2CCC(=O)NC2=O)C3=O)C(C)C)cc1. The van der Waals surface area contributed by atoms with E-state index < -0.39 is 41.6 Å². The molecule has 16 nitrogen and oxygen atoms in total. The quantitative estimate of drug-likeness (QED) is 0.123. The van der Waals surface area contributed by atoms with Crippen LogP contribution >= 0.6 is 0 Å². The van der Waals surface area contributed by atoms with Crippen molar-refractivity contribution in [3.8, 4) is 28.6 Å². The summed E-state index contributed by atoms with van der Waals surface area (Å²) in [5.74, 6) is -3.65. The normalized spacial score (nSPS) is 15.9. The van der Waals surface area contributed by atoms with Crippen molar-refractivity contribution in [2.75, 3.05) is 11.9 Å². The Morgan fingerprint density at radius 2 is 1.65 bits per heavy atom. The van der Waals surface area contributed by atoms with E-state index >= 15 is 0 Å². The molecular formula is C39H42N8O8. The number of nitrogens with zero attached hydrogens (tertiary/aromatic N) is 4. The summed E-state index contributed by atoms with van der Waals surface area (Å²) in [6, 6.07) is 12.1. The number of carbonyl (C=O) groups excluding carboxylic acids is 6. The van der Waals surface area contributed by atoms with Crippen molar-refractivity contribution in [3.05, 3.63) is 82.7 Å². The standard InChI is InChI=1S/C39H42N8O8/c1-6-40-38(54)34-45-44-33(25-16-24(19(2)3)29(48)17-30(25)49)47(34)22-12-10-21(11-13-22)35(51)43-32(20(4)5)37(53)41-27-9-7-8-23-26(27)18-46(39(23)55)28-14-15-31(50)42-36(28)52/h7-13,16-17,19-20,28,32,48-49H,6,14-15,18H2,1-5H3,(H,40,54)(H,41,53)(H,43,51)(H,42,50,52)/t28?,32-/m0/s1. The first-order valence-electron chi connectivity index (χ1n) is 18.0. The molecule has 55 heavy (non-hydrogen) atoms. The summed E-state index contributed by atoms with van der Waals surface area (Å²) in [4.78, 5) is 79.2. The summed E-state index contributed by atoms with van der Waals surface area (Å²) in [7, 11) is 0. The second-order valence-corrected chi connectivity index (χ2v) is 14.1. The fourth-order valence-corrected chi connectivity index (χ4v) is 6.76. The van der Waals surface area contributed by atoms with Crippen LogP contribution in [0.5, 0.6) is 11.5 Å². The van der Waals surface area contributed by atoms with Gasteiger partial charge in [-0.25, -0.2) is 0 Å². The van der Waals surface area contributed by atoms with Crippen molar-refractivity contribution >= 4 is 41.1 Å². The molecule has 3 heterocycles. The van der Waals surface area contributed by atoms with E-state index in [2.05, 4.69) is 31.5 Å². The molecule has 286 valence electrons. The Hall–Kier alpha value is -6.58. The Morgan fingerprint density at radius 3 is 2.31 bits per heavy atom. The topological polar surface area (TPSA) is 225 Å². The van der Waals surface area contributed by atoms with Crippen LogP contribution in [0.1, 0.15) is 95.8 Å². The number of hydrogen-bond acceptors (Lipinski definition) is 10. The lowest BCUT2D eigenvalue weighted by atomic mass is 9.98. The monoisotopic (exact) mass is 750 g/mol. The van der Waals surface area contributed by atoms with Gasteiger partial charge < -0.3 is 31.1 Å². The second kappa shape index (κ2) is 15.4. The maximum absolute atomic E-state index is 13.7. The predicted molar refractivity (Wildman–Crippen MR) is 199 cm³/mol. The molecule has 6 amide bonds.